The molecule has 3 rings (SSSR count). The van der Waals surface area contributed by atoms with Gasteiger partial charge in [-0.25, -0.2) is 9.37 Å². The lowest BCUT2D eigenvalue weighted by molar-refractivity contribution is 0.0940. The molecule has 2 heterocycles. The van der Waals surface area contributed by atoms with Crippen LogP contribution in [0.5, 0.6) is 0 Å². The lowest BCUT2D eigenvalue weighted by Gasteiger charge is -2.14. The molecule has 6 heteroatoms. The highest BCUT2D eigenvalue weighted by atomic mass is 19.1. The van der Waals surface area contributed by atoms with Crippen LogP contribution in [0.1, 0.15) is 42.7 Å². The average molecular weight is 341 g/mol. The summed E-state index contributed by atoms with van der Waals surface area (Å²) >= 11 is 0. The number of benzene rings is 1. The van der Waals surface area contributed by atoms with E-state index in [1.807, 2.05) is 6.92 Å². The number of pyridine rings is 1. The average Bonchev–Trinajstić information content (AvgIpc) is 2.96. The van der Waals surface area contributed by atoms with Crippen LogP contribution in [0.3, 0.4) is 0 Å². The SMILES string of the molecule is CCC[C@@H](C)NC(=O)c1cc(-c2ccccc2F)nc2onc(C)c12. The molecule has 0 saturated carbocycles. The van der Waals surface area contributed by atoms with Crippen molar-refractivity contribution in [2.45, 2.75) is 39.7 Å². The lowest BCUT2D eigenvalue weighted by atomic mass is 10.0. The van der Waals surface area contributed by atoms with Gasteiger partial charge in [0.1, 0.15) is 5.82 Å². The number of aromatic nitrogens is 2. The van der Waals surface area contributed by atoms with Crippen LogP contribution in [0.15, 0.2) is 34.9 Å². The third-order valence-electron chi connectivity index (χ3n) is 4.11. The van der Waals surface area contributed by atoms with Crippen LogP contribution in [0.2, 0.25) is 0 Å². The smallest absolute Gasteiger partial charge is 0.259 e. The number of nitrogens with zero attached hydrogens (tertiary/aromatic N) is 2. The number of aryl methyl sites for hydroxylation is 1. The zero-order valence-corrected chi connectivity index (χ0v) is 14.5. The molecule has 0 radical (unpaired) electrons. The zero-order chi connectivity index (χ0) is 18.0. The van der Waals surface area contributed by atoms with E-state index in [2.05, 4.69) is 22.4 Å². The van der Waals surface area contributed by atoms with E-state index < -0.39 is 5.82 Å². The van der Waals surface area contributed by atoms with Gasteiger partial charge in [0.2, 0.25) is 0 Å². The van der Waals surface area contributed by atoms with Gasteiger partial charge in [-0.3, -0.25) is 4.79 Å². The fourth-order valence-electron chi connectivity index (χ4n) is 2.89. The van der Waals surface area contributed by atoms with Gasteiger partial charge in [-0.1, -0.05) is 30.6 Å². The van der Waals surface area contributed by atoms with Gasteiger partial charge in [0.05, 0.1) is 22.3 Å². The third-order valence-corrected chi connectivity index (χ3v) is 4.11. The van der Waals surface area contributed by atoms with Crippen LogP contribution >= 0.6 is 0 Å². The molecule has 5 nitrogen and oxygen atoms in total. The molecule has 25 heavy (non-hydrogen) atoms. The third kappa shape index (κ3) is 3.38. The Labute approximate surface area is 145 Å². The van der Waals surface area contributed by atoms with E-state index in [-0.39, 0.29) is 17.7 Å². The first-order valence-corrected chi connectivity index (χ1v) is 8.34. The Bertz CT molecular complexity index is 920. The summed E-state index contributed by atoms with van der Waals surface area (Å²) in [6.45, 7) is 5.77. The molecule has 0 aliphatic carbocycles. The molecule has 0 bridgehead atoms. The minimum atomic E-state index is -0.406. The number of fused-ring (bicyclic) bond motifs is 1. The number of hydrogen-bond donors (Lipinski definition) is 1. The van der Waals surface area contributed by atoms with E-state index in [1.165, 1.54) is 6.07 Å². The van der Waals surface area contributed by atoms with Crippen LogP contribution in [0, 0.1) is 12.7 Å². The zero-order valence-electron chi connectivity index (χ0n) is 14.5. The van der Waals surface area contributed by atoms with Crippen LogP contribution in [0.25, 0.3) is 22.4 Å². The number of rotatable bonds is 5. The standard InChI is InChI=1S/C19H20FN3O2/c1-4-7-11(2)21-18(24)14-10-16(13-8-5-6-9-15(13)20)22-19-17(14)12(3)23-25-19/h5-6,8-11H,4,7H2,1-3H3,(H,21,24)/t11-/m1/s1. The minimum absolute atomic E-state index is 0.0396. The normalized spacial score (nSPS) is 12.3. The van der Waals surface area contributed by atoms with Gasteiger partial charge in [-0.05, 0) is 38.5 Å². The Balaban J connectivity index is 2.11. The fraction of sp³-hybridized carbons (Fsp3) is 0.316. The van der Waals surface area contributed by atoms with Gasteiger partial charge in [0.25, 0.3) is 11.6 Å². The molecule has 0 fully saturated rings. The predicted octanol–water partition coefficient (Wildman–Crippen LogP) is 4.26. The maximum atomic E-state index is 14.1. The van der Waals surface area contributed by atoms with Crippen LogP contribution in [-0.4, -0.2) is 22.1 Å². The first-order chi connectivity index (χ1) is 12.0. The fourth-order valence-corrected chi connectivity index (χ4v) is 2.89. The topological polar surface area (TPSA) is 68.0 Å². The second kappa shape index (κ2) is 7.01. The summed E-state index contributed by atoms with van der Waals surface area (Å²) in [7, 11) is 0. The molecule has 0 saturated heterocycles. The van der Waals surface area contributed by atoms with Gasteiger partial charge in [0.15, 0.2) is 0 Å². The number of nitrogens with one attached hydrogen (secondary N) is 1. The molecule has 0 aliphatic rings. The first-order valence-electron chi connectivity index (χ1n) is 8.34. The quantitative estimate of drug-likeness (QED) is 0.753. The Morgan fingerprint density at radius 2 is 2.12 bits per heavy atom. The molecule has 130 valence electrons. The monoisotopic (exact) mass is 341 g/mol. The molecule has 0 aliphatic heterocycles. The summed E-state index contributed by atoms with van der Waals surface area (Å²) in [5, 5.41) is 7.43. The lowest BCUT2D eigenvalue weighted by Crippen LogP contribution is -2.32. The van der Waals surface area contributed by atoms with Crippen molar-refractivity contribution >= 4 is 17.0 Å². The van der Waals surface area contributed by atoms with E-state index in [9.17, 15) is 9.18 Å². The number of carbonyl (C=O) groups is 1. The molecule has 2 aromatic heterocycles. The number of amides is 1. The van der Waals surface area contributed by atoms with Crippen LogP contribution in [-0.2, 0) is 0 Å². The molecule has 1 amide bonds. The molecule has 0 spiro atoms. The summed E-state index contributed by atoms with van der Waals surface area (Å²) in [6, 6.07) is 7.94. The highest BCUT2D eigenvalue weighted by molar-refractivity contribution is 6.07. The van der Waals surface area contributed by atoms with Crippen molar-refractivity contribution in [3.05, 3.63) is 47.4 Å². The summed E-state index contributed by atoms with van der Waals surface area (Å²) in [5.74, 6) is -0.645. The second-order valence-corrected chi connectivity index (χ2v) is 6.15. The van der Waals surface area contributed by atoms with Gasteiger partial charge in [-0.15, -0.1) is 0 Å². The Morgan fingerprint density at radius 3 is 2.84 bits per heavy atom. The van der Waals surface area contributed by atoms with Crippen LogP contribution < -0.4 is 5.32 Å². The Kier molecular flexibility index (Phi) is 4.79. The van der Waals surface area contributed by atoms with Gasteiger partial charge in [-0.2, -0.15) is 0 Å². The molecule has 1 N–H and O–H groups in total. The van der Waals surface area contributed by atoms with Gasteiger partial charge < -0.3 is 9.84 Å². The highest BCUT2D eigenvalue weighted by Crippen LogP contribution is 2.28. The Morgan fingerprint density at radius 1 is 1.36 bits per heavy atom. The van der Waals surface area contributed by atoms with Gasteiger partial charge >= 0.3 is 0 Å². The maximum absolute atomic E-state index is 14.1. The van der Waals surface area contributed by atoms with Crippen molar-refractivity contribution in [1.29, 1.82) is 0 Å². The molecule has 0 unspecified atom stereocenters. The van der Waals surface area contributed by atoms with Crippen molar-refractivity contribution in [3.8, 4) is 11.3 Å². The van der Waals surface area contributed by atoms with E-state index >= 15 is 0 Å². The molecular weight excluding hydrogens is 321 g/mol. The van der Waals surface area contributed by atoms with Gasteiger partial charge in [0, 0.05) is 11.6 Å². The van der Waals surface area contributed by atoms with Crippen molar-refractivity contribution in [3.63, 3.8) is 0 Å². The van der Waals surface area contributed by atoms with E-state index in [4.69, 9.17) is 4.52 Å². The van der Waals surface area contributed by atoms with Crippen molar-refractivity contribution in [2.24, 2.45) is 0 Å². The highest BCUT2D eigenvalue weighted by Gasteiger charge is 2.21. The van der Waals surface area contributed by atoms with Crippen molar-refractivity contribution in [1.82, 2.24) is 15.5 Å². The van der Waals surface area contributed by atoms with Crippen LogP contribution in [0.4, 0.5) is 4.39 Å². The van der Waals surface area contributed by atoms with Crippen molar-refractivity contribution in [2.75, 3.05) is 0 Å². The largest absolute Gasteiger partial charge is 0.350 e. The molecule has 1 aromatic carbocycles. The van der Waals surface area contributed by atoms with E-state index in [0.29, 0.717) is 27.9 Å². The number of halogens is 1. The molecular formula is C19H20FN3O2. The summed E-state index contributed by atoms with van der Waals surface area (Å²) in [5.41, 5.74) is 1.86. The first kappa shape index (κ1) is 17.1. The summed E-state index contributed by atoms with van der Waals surface area (Å²) in [6.07, 6.45) is 1.85. The predicted molar refractivity (Wildman–Crippen MR) is 93.8 cm³/mol. The summed E-state index contributed by atoms with van der Waals surface area (Å²) in [4.78, 5) is 17.1. The Hall–Kier alpha value is -2.76. The maximum Gasteiger partial charge on any atom is 0.259 e. The van der Waals surface area contributed by atoms with E-state index in [0.717, 1.165) is 12.8 Å². The van der Waals surface area contributed by atoms with E-state index in [1.54, 1.807) is 31.2 Å². The van der Waals surface area contributed by atoms with Crippen molar-refractivity contribution < 1.29 is 13.7 Å². The minimum Gasteiger partial charge on any atom is -0.350 e. The number of carbonyl (C=O) groups excluding carboxylic acids is 1. The second-order valence-electron chi connectivity index (χ2n) is 6.15. The molecule has 3 aromatic rings. The molecule has 1 atom stereocenters. The number of hydrogen-bond acceptors (Lipinski definition) is 4. The summed E-state index contributed by atoms with van der Waals surface area (Å²) < 4.78 is 19.4.